The molecule has 84 valence electrons. The summed E-state index contributed by atoms with van der Waals surface area (Å²) in [5.74, 6) is -0.232. The van der Waals surface area contributed by atoms with Crippen LogP contribution in [0.5, 0.6) is 0 Å². The molecule has 0 radical (unpaired) electrons. The molecule has 2 N–H and O–H groups in total. The van der Waals surface area contributed by atoms with Gasteiger partial charge < -0.3 is 5.73 Å². The van der Waals surface area contributed by atoms with Gasteiger partial charge in [0.2, 0.25) is 0 Å². The van der Waals surface area contributed by atoms with E-state index >= 15 is 0 Å². The molecule has 0 aliphatic carbocycles. The molecular weight excluding hydrogens is 223 g/mol. The summed E-state index contributed by atoms with van der Waals surface area (Å²) >= 11 is 1.54. The van der Waals surface area contributed by atoms with Gasteiger partial charge in [-0.15, -0.1) is 11.3 Å². The van der Waals surface area contributed by atoms with Gasteiger partial charge in [-0.3, -0.25) is 0 Å². The standard InChI is InChI=1S/C12H13FN2S/c1-8-2-3-9(10(13)6-8)11(14)7-12-15-4-5-16-12/h2-6,11H,7,14H2,1H3. The van der Waals surface area contributed by atoms with Crippen LogP contribution in [0.15, 0.2) is 29.8 Å². The van der Waals surface area contributed by atoms with Gasteiger partial charge in [-0.25, -0.2) is 9.37 Å². The molecule has 4 heteroatoms. The van der Waals surface area contributed by atoms with Crippen LogP contribution < -0.4 is 5.73 Å². The summed E-state index contributed by atoms with van der Waals surface area (Å²) in [6.45, 7) is 1.86. The van der Waals surface area contributed by atoms with Gasteiger partial charge in [0.15, 0.2) is 0 Å². The van der Waals surface area contributed by atoms with Gasteiger partial charge in [-0.2, -0.15) is 0 Å². The van der Waals surface area contributed by atoms with E-state index in [0.29, 0.717) is 12.0 Å². The molecule has 0 fully saturated rings. The minimum Gasteiger partial charge on any atom is -0.324 e. The number of hydrogen-bond acceptors (Lipinski definition) is 3. The largest absolute Gasteiger partial charge is 0.324 e. The van der Waals surface area contributed by atoms with E-state index < -0.39 is 0 Å². The Balaban J connectivity index is 2.17. The van der Waals surface area contributed by atoms with Gasteiger partial charge in [0.25, 0.3) is 0 Å². The molecule has 1 heterocycles. The molecule has 0 aliphatic heterocycles. The quantitative estimate of drug-likeness (QED) is 0.890. The summed E-state index contributed by atoms with van der Waals surface area (Å²) in [6.07, 6.45) is 2.32. The zero-order valence-corrected chi connectivity index (χ0v) is 9.80. The molecule has 1 aromatic carbocycles. The van der Waals surface area contributed by atoms with Crippen molar-refractivity contribution in [2.24, 2.45) is 5.73 Å². The second kappa shape index (κ2) is 4.72. The first-order valence-electron chi connectivity index (χ1n) is 5.07. The maximum absolute atomic E-state index is 13.6. The van der Waals surface area contributed by atoms with Crippen LogP contribution in [-0.4, -0.2) is 4.98 Å². The number of halogens is 1. The Morgan fingerprint density at radius 1 is 1.50 bits per heavy atom. The van der Waals surface area contributed by atoms with Crippen molar-refractivity contribution >= 4 is 11.3 Å². The normalized spacial score (nSPS) is 12.7. The van der Waals surface area contributed by atoms with Gasteiger partial charge in [0.1, 0.15) is 5.82 Å². The topological polar surface area (TPSA) is 38.9 Å². The number of aryl methyl sites for hydroxylation is 1. The Hall–Kier alpha value is -1.26. The van der Waals surface area contributed by atoms with Crippen molar-refractivity contribution in [1.82, 2.24) is 4.98 Å². The first-order valence-corrected chi connectivity index (χ1v) is 5.95. The number of thiazole rings is 1. The molecule has 1 aromatic heterocycles. The van der Waals surface area contributed by atoms with Gasteiger partial charge in [-0.1, -0.05) is 12.1 Å². The second-order valence-electron chi connectivity index (χ2n) is 3.76. The van der Waals surface area contributed by atoms with Crippen molar-refractivity contribution in [2.45, 2.75) is 19.4 Å². The summed E-state index contributed by atoms with van der Waals surface area (Å²) in [5.41, 5.74) is 7.43. The summed E-state index contributed by atoms with van der Waals surface area (Å²) in [5, 5.41) is 2.83. The molecule has 1 unspecified atom stereocenters. The van der Waals surface area contributed by atoms with E-state index in [-0.39, 0.29) is 11.9 Å². The molecule has 0 amide bonds. The highest BCUT2D eigenvalue weighted by Gasteiger charge is 2.13. The average molecular weight is 236 g/mol. The van der Waals surface area contributed by atoms with Crippen LogP contribution in [0.2, 0.25) is 0 Å². The van der Waals surface area contributed by atoms with Crippen molar-refractivity contribution in [3.8, 4) is 0 Å². The summed E-state index contributed by atoms with van der Waals surface area (Å²) in [4.78, 5) is 4.15. The van der Waals surface area contributed by atoms with Gasteiger partial charge in [-0.05, 0) is 18.6 Å². The smallest absolute Gasteiger partial charge is 0.128 e. The van der Waals surface area contributed by atoms with Crippen LogP contribution in [0.3, 0.4) is 0 Å². The van der Waals surface area contributed by atoms with Gasteiger partial charge in [0.05, 0.1) is 5.01 Å². The number of aromatic nitrogens is 1. The van der Waals surface area contributed by atoms with E-state index in [4.69, 9.17) is 5.73 Å². The lowest BCUT2D eigenvalue weighted by molar-refractivity contribution is 0.579. The number of benzene rings is 1. The molecule has 1 atom stereocenters. The molecule has 0 saturated heterocycles. The molecule has 0 spiro atoms. The first-order chi connectivity index (χ1) is 7.66. The molecule has 0 aliphatic rings. The Labute approximate surface area is 97.9 Å². The van der Waals surface area contributed by atoms with Crippen molar-refractivity contribution < 1.29 is 4.39 Å². The Morgan fingerprint density at radius 3 is 2.94 bits per heavy atom. The monoisotopic (exact) mass is 236 g/mol. The summed E-state index contributed by atoms with van der Waals surface area (Å²) < 4.78 is 13.6. The third-order valence-corrected chi connectivity index (χ3v) is 3.24. The molecule has 0 bridgehead atoms. The number of nitrogens with two attached hydrogens (primary N) is 1. The Morgan fingerprint density at radius 2 is 2.31 bits per heavy atom. The highest BCUT2D eigenvalue weighted by Crippen LogP contribution is 2.20. The second-order valence-corrected chi connectivity index (χ2v) is 4.74. The SMILES string of the molecule is Cc1ccc(C(N)Cc2nccs2)c(F)c1. The van der Waals surface area contributed by atoms with Crippen LogP contribution >= 0.6 is 11.3 Å². The van der Waals surface area contributed by atoms with Gasteiger partial charge in [0, 0.05) is 29.6 Å². The molecule has 0 saturated carbocycles. The molecule has 2 nitrogen and oxygen atoms in total. The minimum absolute atomic E-state index is 0.232. The molecule has 2 rings (SSSR count). The first kappa shape index (κ1) is 11.2. The average Bonchev–Trinajstić information content (AvgIpc) is 2.70. The van der Waals surface area contributed by atoms with E-state index in [0.717, 1.165) is 10.6 Å². The van der Waals surface area contributed by atoms with Crippen LogP contribution in [-0.2, 0) is 6.42 Å². The predicted octanol–water partition coefficient (Wildman–Crippen LogP) is 2.83. The van der Waals surface area contributed by atoms with Crippen LogP contribution in [0.25, 0.3) is 0 Å². The minimum atomic E-state index is -0.327. The highest BCUT2D eigenvalue weighted by molar-refractivity contribution is 7.09. The third kappa shape index (κ3) is 2.46. The summed E-state index contributed by atoms with van der Waals surface area (Å²) in [6, 6.07) is 4.81. The van der Waals surface area contributed by atoms with Crippen LogP contribution in [0.4, 0.5) is 4.39 Å². The zero-order valence-electron chi connectivity index (χ0n) is 8.98. The fourth-order valence-electron chi connectivity index (χ4n) is 1.58. The van der Waals surface area contributed by atoms with Crippen molar-refractivity contribution in [3.63, 3.8) is 0 Å². The van der Waals surface area contributed by atoms with E-state index in [1.54, 1.807) is 23.6 Å². The molecule has 2 aromatic rings. The predicted molar refractivity (Wildman–Crippen MR) is 63.9 cm³/mol. The lowest BCUT2D eigenvalue weighted by Crippen LogP contribution is -2.15. The van der Waals surface area contributed by atoms with E-state index in [2.05, 4.69) is 4.98 Å². The van der Waals surface area contributed by atoms with Crippen molar-refractivity contribution in [3.05, 3.63) is 51.7 Å². The summed E-state index contributed by atoms with van der Waals surface area (Å²) in [7, 11) is 0. The van der Waals surface area contributed by atoms with Gasteiger partial charge >= 0.3 is 0 Å². The third-order valence-electron chi connectivity index (χ3n) is 2.43. The number of rotatable bonds is 3. The Kier molecular flexibility index (Phi) is 3.31. The fraction of sp³-hybridized carbons (Fsp3) is 0.250. The van der Waals surface area contributed by atoms with Crippen molar-refractivity contribution in [2.75, 3.05) is 0 Å². The lowest BCUT2D eigenvalue weighted by atomic mass is 10.0. The van der Waals surface area contributed by atoms with Crippen molar-refractivity contribution in [1.29, 1.82) is 0 Å². The maximum atomic E-state index is 13.6. The van der Waals surface area contributed by atoms with Crippen LogP contribution in [0.1, 0.15) is 22.2 Å². The number of nitrogens with zero attached hydrogens (tertiary/aromatic N) is 1. The van der Waals surface area contributed by atoms with Crippen LogP contribution in [0, 0.1) is 12.7 Å². The van der Waals surface area contributed by atoms with E-state index in [9.17, 15) is 4.39 Å². The molecule has 16 heavy (non-hydrogen) atoms. The van der Waals surface area contributed by atoms with E-state index in [1.807, 2.05) is 18.4 Å². The Bertz CT molecular complexity index is 468. The maximum Gasteiger partial charge on any atom is 0.128 e. The van der Waals surface area contributed by atoms with E-state index in [1.165, 1.54) is 6.07 Å². The number of hydrogen-bond donors (Lipinski definition) is 1. The zero-order chi connectivity index (χ0) is 11.5. The molecular formula is C12H13FN2S. The lowest BCUT2D eigenvalue weighted by Gasteiger charge is -2.11. The highest BCUT2D eigenvalue weighted by atomic mass is 32.1. The fourth-order valence-corrected chi connectivity index (χ4v) is 2.26.